The van der Waals surface area contributed by atoms with Crippen LogP contribution in [0.1, 0.15) is 18.9 Å². The first-order valence-corrected chi connectivity index (χ1v) is 8.14. The standard InChI is InChI=1S/C16H23N3S/c1-3-19(4-2)11-10-17-12-16-18-15(13-20-16)14-8-6-5-7-9-14/h5-9,13,17H,3-4,10-12H2,1-2H3. The molecule has 3 nitrogen and oxygen atoms in total. The molecule has 0 unspecified atom stereocenters. The average molecular weight is 289 g/mol. The van der Waals surface area contributed by atoms with Crippen LogP contribution >= 0.6 is 11.3 Å². The predicted molar refractivity (Wildman–Crippen MR) is 87.0 cm³/mol. The Morgan fingerprint density at radius 2 is 1.90 bits per heavy atom. The molecular formula is C16H23N3S. The summed E-state index contributed by atoms with van der Waals surface area (Å²) in [7, 11) is 0. The summed E-state index contributed by atoms with van der Waals surface area (Å²) in [6.45, 7) is 9.62. The molecule has 0 aliphatic rings. The van der Waals surface area contributed by atoms with Gasteiger partial charge in [-0.3, -0.25) is 0 Å². The molecule has 0 spiro atoms. The molecule has 20 heavy (non-hydrogen) atoms. The van der Waals surface area contributed by atoms with E-state index in [2.05, 4.69) is 58.7 Å². The lowest BCUT2D eigenvalue weighted by Crippen LogP contribution is -2.31. The maximum atomic E-state index is 4.68. The van der Waals surface area contributed by atoms with Crippen molar-refractivity contribution in [3.63, 3.8) is 0 Å². The molecule has 0 atom stereocenters. The topological polar surface area (TPSA) is 28.2 Å². The Morgan fingerprint density at radius 3 is 2.60 bits per heavy atom. The molecule has 0 aliphatic carbocycles. The Bertz CT molecular complexity index is 491. The second-order valence-corrected chi connectivity index (χ2v) is 5.64. The van der Waals surface area contributed by atoms with Crippen molar-refractivity contribution in [2.75, 3.05) is 26.2 Å². The van der Waals surface area contributed by atoms with Crippen LogP contribution in [0.25, 0.3) is 11.3 Å². The number of nitrogens with one attached hydrogen (secondary N) is 1. The van der Waals surface area contributed by atoms with E-state index < -0.39 is 0 Å². The van der Waals surface area contributed by atoms with Crippen LogP contribution in [0.5, 0.6) is 0 Å². The molecule has 0 radical (unpaired) electrons. The molecule has 1 N–H and O–H groups in total. The number of nitrogens with zero attached hydrogens (tertiary/aromatic N) is 2. The fraction of sp³-hybridized carbons (Fsp3) is 0.438. The molecule has 0 bridgehead atoms. The molecule has 2 aromatic rings. The van der Waals surface area contributed by atoms with E-state index in [1.165, 1.54) is 5.56 Å². The Hall–Kier alpha value is -1.23. The number of aromatic nitrogens is 1. The summed E-state index contributed by atoms with van der Waals surface area (Å²) in [6.07, 6.45) is 0. The van der Waals surface area contributed by atoms with Crippen LogP contribution in [0, 0.1) is 0 Å². The third-order valence-electron chi connectivity index (χ3n) is 3.40. The summed E-state index contributed by atoms with van der Waals surface area (Å²) in [6, 6.07) is 10.3. The zero-order valence-corrected chi connectivity index (χ0v) is 13.1. The zero-order valence-electron chi connectivity index (χ0n) is 12.3. The number of hydrogen-bond acceptors (Lipinski definition) is 4. The predicted octanol–water partition coefficient (Wildman–Crippen LogP) is 3.24. The first-order chi connectivity index (χ1) is 9.83. The Morgan fingerprint density at radius 1 is 1.15 bits per heavy atom. The number of rotatable bonds is 8. The van der Waals surface area contributed by atoms with Crippen LogP contribution in [0.2, 0.25) is 0 Å². The van der Waals surface area contributed by atoms with Crippen molar-refractivity contribution < 1.29 is 0 Å². The minimum atomic E-state index is 0.860. The maximum absolute atomic E-state index is 4.68. The first-order valence-electron chi connectivity index (χ1n) is 7.26. The van der Waals surface area contributed by atoms with Gasteiger partial charge in [0.25, 0.3) is 0 Å². The lowest BCUT2D eigenvalue weighted by molar-refractivity contribution is 0.302. The van der Waals surface area contributed by atoms with E-state index in [0.29, 0.717) is 0 Å². The van der Waals surface area contributed by atoms with Crippen LogP contribution in [0.4, 0.5) is 0 Å². The molecule has 1 aromatic carbocycles. The highest BCUT2D eigenvalue weighted by molar-refractivity contribution is 7.09. The Kier molecular flexibility index (Phi) is 6.18. The summed E-state index contributed by atoms with van der Waals surface area (Å²) in [5.74, 6) is 0. The van der Waals surface area contributed by atoms with Gasteiger partial charge < -0.3 is 10.2 Å². The normalized spacial score (nSPS) is 11.2. The minimum absolute atomic E-state index is 0.860. The smallest absolute Gasteiger partial charge is 0.107 e. The van der Waals surface area contributed by atoms with E-state index in [0.717, 1.165) is 43.4 Å². The van der Waals surface area contributed by atoms with Crippen molar-refractivity contribution in [1.29, 1.82) is 0 Å². The third kappa shape index (κ3) is 4.40. The second kappa shape index (κ2) is 8.15. The lowest BCUT2D eigenvalue weighted by Gasteiger charge is -2.17. The van der Waals surface area contributed by atoms with Gasteiger partial charge in [0.05, 0.1) is 5.69 Å². The van der Waals surface area contributed by atoms with Crippen LogP contribution in [0.3, 0.4) is 0 Å². The molecule has 2 rings (SSSR count). The van der Waals surface area contributed by atoms with Crippen molar-refractivity contribution in [1.82, 2.24) is 15.2 Å². The summed E-state index contributed by atoms with van der Waals surface area (Å²) in [4.78, 5) is 7.10. The number of hydrogen-bond donors (Lipinski definition) is 1. The van der Waals surface area contributed by atoms with Gasteiger partial charge in [0.15, 0.2) is 0 Å². The lowest BCUT2D eigenvalue weighted by atomic mass is 10.2. The molecule has 0 amide bonds. The van der Waals surface area contributed by atoms with Gasteiger partial charge in [-0.05, 0) is 13.1 Å². The molecule has 0 saturated heterocycles. The molecule has 0 saturated carbocycles. The molecular weight excluding hydrogens is 266 g/mol. The van der Waals surface area contributed by atoms with Gasteiger partial charge in [0.2, 0.25) is 0 Å². The zero-order chi connectivity index (χ0) is 14.2. The largest absolute Gasteiger partial charge is 0.309 e. The third-order valence-corrected chi connectivity index (χ3v) is 4.25. The van der Waals surface area contributed by atoms with Crippen LogP contribution in [0.15, 0.2) is 35.7 Å². The van der Waals surface area contributed by atoms with E-state index in [1.54, 1.807) is 11.3 Å². The monoisotopic (exact) mass is 289 g/mol. The molecule has 0 fully saturated rings. The molecule has 1 aromatic heterocycles. The van der Waals surface area contributed by atoms with Gasteiger partial charge in [-0.25, -0.2) is 4.98 Å². The van der Waals surface area contributed by atoms with Crippen LogP contribution in [-0.2, 0) is 6.54 Å². The van der Waals surface area contributed by atoms with Crippen molar-refractivity contribution in [3.8, 4) is 11.3 Å². The van der Waals surface area contributed by atoms with Crippen LogP contribution < -0.4 is 5.32 Å². The summed E-state index contributed by atoms with van der Waals surface area (Å²) >= 11 is 1.73. The summed E-state index contributed by atoms with van der Waals surface area (Å²) < 4.78 is 0. The molecule has 1 heterocycles. The van der Waals surface area contributed by atoms with E-state index in [9.17, 15) is 0 Å². The Balaban J connectivity index is 1.79. The first kappa shape index (κ1) is 15.2. The number of thiazole rings is 1. The Labute approximate surface area is 125 Å². The van der Waals surface area contributed by atoms with Gasteiger partial charge in [0, 0.05) is 30.6 Å². The molecule has 4 heteroatoms. The van der Waals surface area contributed by atoms with Gasteiger partial charge in [-0.15, -0.1) is 11.3 Å². The van der Waals surface area contributed by atoms with Crippen LogP contribution in [-0.4, -0.2) is 36.1 Å². The van der Waals surface area contributed by atoms with Gasteiger partial charge >= 0.3 is 0 Å². The van der Waals surface area contributed by atoms with E-state index in [-0.39, 0.29) is 0 Å². The van der Waals surface area contributed by atoms with Crippen molar-refractivity contribution >= 4 is 11.3 Å². The fourth-order valence-electron chi connectivity index (χ4n) is 2.11. The van der Waals surface area contributed by atoms with E-state index >= 15 is 0 Å². The minimum Gasteiger partial charge on any atom is -0.309 e. The second-order valence-electron chi connectivity index (χ2n) is 4.70. The van der Waals surface area contributed by atoms with Gasteiger partial charge in [0.1, 0.15) is 5.01 Å². The fourth-order valence-corrected chi connectivity index (χ4v) is 2.88. The molecule has 0 aliphatic heterocycles. The maximum Gasteiger partial charge on any atom is 0.107 e. The average Bonchev–Trinajstić information content (AvgIpc) is 2.97. The summed E-state index contributed by atoms with van der Waals surface area (Å²) in [5, 5.41) is 6.76. The van der Waals surface area contributed by atoms with Gasteiger partial charge in [-0.1, -0.05) is 44.2 Å². The highest BCUT2D eigenvalue weighted by Crippen LogP contribution is 2.21. The van der Waals surface area contributed by atoms with Gasteiger partial charge in [-0.2, -0.15) is 0 Å². The quantitative estimate of drug-likeness (QED) is 0.756. The highest BCUT2D eigenvalue weighted by Gasteiger charge is 2.04. The van der Waals surface area contributed by atoms with Crippen molar-refractivity contribution in [2.24, 2.45) is 0 Å². The number of benzene rings is 1. The highest BCUT2D eigenvalue weighted by atomic mass is 32.1. The SMILES string of the molecule is CCN(CC)CCNCc1nc(-c2ccccc2)cs1. The number of likely N-dealkylation sites (N-methyl/N-ethyl adjacent to an activating group) is 1. The van der Waals surface area contributed by atoms with E-state index in [1.807, 2.05) is 6.07 Å². The van der Waals surface area contributed by atoms with E-state index in [4.69, 9.17) is 0 Å². The summed E-state index contributed by atoms with van der Waals surface area (Å²) in [5.41, 5.74) is 2.27. The van der Waals surface area contributed by atoms with Crippen molar-refractivity contribution in [2.45, 2.75) is 20.4 Å². The molecule has 108 valence electrons. The van der Waals surface area contributed by atoms with Crippen molar-refractivity contribution in [3.05, 3.63) is 40.7 Å².